The van der Waals surface area contributed by atoms with Crippen LogP contribution < -0.4 is 0 Å². The molecule has 0 aromatic carbocycles. The Bertz CT molecular complexity index is 59.1. The van der Waals surface area contributed by atoms with E-state index in [1.54, 1.807) is 6.92 Å². The molecule has 0 saturated carbocycles. The first-order valence-electron chi connectivity index (χ1n) is 2.22. The van der Waals surface area contributed by atoms with Crippen LogP contribution in [0, 0.1) is 0 Å². The van der Waals surface area contributed by atoms with E-state index in [4.69, 9.17) is 0 Å². The van der Waals surface area contributed by atoms with Crippen molar-refractivity contribution in [3.63, 3.8) is 0 Å². The summed E-state index contributed by atoms with van der Waals surface area (Å²) in [5, 5.41) is 0. The summed E-state index contributed by atoms with van der Waals surface area (Å²) >= 11 is 0. The van der Waals surface area contributed by atoms with Crippen LogP contribution in [0.2, 0.25) is 0 Å². The molecule has 0 rings (SSSR count). The summed E-state index contributed by atoms with van der Waals surface area (Å²) in [5.74, 6) is 0.585. The zero-order valence-electron chi connectivity index (χ0n) is 4.73. The van der Waals surface area contributed by atoms with Crippen molar-refractivity contribution in [3.8, 4) is 0 Å². The molecule has 0 aliphatic rings. The molecule has 0 heterocycles. The van der Waals surface area contributed by atoms with Gasteiger partial charge in [-0.05, 0) is 13.8 Å². The number of allylic oxidation sites excluding steroid dienone is 1. The van der Waals surface area contributed by atoms with Crippen LogP contribution in [0.5, 0.6) is 0 Å². The number of hydrogen-bond donors (Lipinski definition) is 0. The first-order valence-corrected chi connectivity index (χ1v) is 2.22. The first kappa shape index (κ1) is 6.50. The molecule has 0 saturated heterocycles. The minimum Gasteiger partial charge on any atom is -0.343 e. The Balaban J connectivity index is 2.82. The third-order valence-corrected chi connectivity index (χ3v) is 0.319. The van der Waals surface area contributed by atoms with Crippen LogP contribution >= 0.6 is 0 Å². The second-order valence-corrected chi connectivity index (χ2v) is 1.19. The van der Waals surface area contributed by atoms with Gasteiger partial charge in [0.05, 0.1) is 6.61 Å². The summed E-state index contributed by atoms with van der Waals surface area (Å²) in [7, 11) is 0. The Kier molecular flexibility index (Phi) is 3.42. The van der Waals surface area contributed by atoms with Crippen molar-refractivity contribution in [1.82, 2.24) is 0 Å². The SMILES string of the molecule is C=C(C)OOCC. The van der Waals surface area contributed by atoms with E-state index in [1.165, 1.54) is 0 Å². The lowest BCUT2D eigenvalue weighted by Gasteiger charge is -1.97. The van der Waals surface area contributed by atoms with Gasteiger partial charge in [0.15, 0.2) is 0 Å². The molecule has 0 aromatic heterocycles. The van der Waals surface area contributed by atoms with E-state index >= 15 is 0 Å². The van der Waals surface area contributed by atoms with Crippen LogP contribution in [-0.2, 0) is 9.78 Å². The molecule has 0 aliphatic heterocycles. The number of hydrogen-bond acceptors (Lipinski definition) is 2. The van der Waals surface area contributed by atoms with Crippen LogP contribution in [-0.4, -0.2) is 6.61 Å². The molecule has 0 N–H and O–H groups in total. The highest BCUT2D eigenvalue weighted by Gasteiger charge is 1.79. The van der Waals surface area contributed by atoms with E-state index < -0.39 is 0 Å². The predicted octanol–water partition coefficient (Wildman–Crippen LogP) is 1.49. The highest BCUT2D eigenvalue weighted by Crippen LogP contribution is 1.88. The Morgan fingerprint density at radius 2 is 2.29 bits per heavy atom. The van der Waals surface area contributed by atoms with E-state index in [-0.39, 0.29) is 0 Å². The minimum atomic E-state index is 0.562. The molecule has 0 spiro atoms. The van der Waals surface area contributed by atoms with Gasteiger partial charge in [-0.1, -0.05) is 6.58 Å². The Labute approximate surface area is 43.7 Å². The van der Waals surface area contributed by atoms with Gasteiger partial charge < -0.3 is 4.89 Å². The van der Waals surface area contributed by atoms with E-state index in [9.17, 15) is 0 Å². The maximum absolute atomic E-state index is 4.50. The second-order valence-electron chi connectivity index (χ2n) is 1.19. The summed E-state index contributed by atoms with van der Waals surface area (Å²) in [4.78, 5) is 8.99. The molecular formula is C5H10O2. The van der Waals surface area contributed by atoms with Crippen LogP contribution in [0.4, 0.5) is 0 Å². The average molecular weight is 102 g/mol. The third kappa shape index (κ3) is 5.50. The van der Waals surface area contributed by atoms with Crippen molar-refractivity contribution in [2.75, 3.05) is 6.61 Å². The van der Waals surface area contributed by atoms with Gasteiger partial charge in [-0.2, -0.15) is 4.89 Å². The van der Waals surface area contributed by atoms with Gasteiger partial charge in [0, 0.05) is 0 Å². The van der Waals surface area contributed by atoms with Gasteiger partial charge >= 0.3 is 0 Å². The molecule has 42 valence electrons. The van der Waals surface area contributed by atoms with Crippen LogP contribution in [0.1, 0.15) is 13.8 Å². The predicted molar refractivity (Wildman–Crippen MR) is 27.5 cm³/mol. The van der Waals surface area contributed by atoms with Gasteiger partial charge in [0.2, 0.25) is 0 Å². The summed E-state index contributed by atoms with van der Waals surface area (Å²) < 4.78 is 0. The molecule has 0 amide bonds. The lowest BCUT2D eigenvalue weighted by atomic mass is 10.7. The lowest BCUT2D eigenvalue weighted by molar-refractivity contribution is -0.257. The molecule has 0 atom stereocenters. The second kappa shape index (κ2) is 3.68. The first-order chi connectivity index (χ1) is 3.27. The summed E-state index contributed by atoms with van der Waals surface area (Å²) in [6.07, 6.45) is 0. The van der Waals surface area contributed by atoms with E-state index in [0.29, 0.717) is 12.4 Å². The Morgan fingerprint density at radius 3 is 2.43 bits per heavy atom. The monoisotopic (exact) mass is 102 g/mol. The summed E-state index contributed by atoms with van der Waals surface area (Å²) in [6, 6.07) is 0. The standard InChI is InChI=1S/C5H10O2/c1-4-6-7-5(2)3/h2,4H2,1,3H3. The smallest absolute Gasteiger partial charge is 0.132 e. The van der Waals surface area contributed by atoms with Crippen molar-refractivity contribution < 1.29 is 9.78 Å². The van der Waals surface area contributed by atoms with Gasteiger partial charge in [-0.3, -0.25) is 0 Å². The van der Waals surface area contributed by atoms with E-state index in [1.807, 2.05) is 6.92 Å². The van der Waals surface area contributed by atoms with Crippen LogP contribution in [0.25, 0.3) is 0 Å². The maximum atomic E-state index is 4.50. The van der Waals surface area contributed by atoms with Gasteiger partial charge in [-0.15, -0.1) is 0 Å². The molecule has 2 nitrogen and oxygen atoms in total. The molecule has 0 aromatic rings. The van der Waals surface area contributed by atoms with Gasteiger partial charge in [-0.25, -0.2) is 0 Å². The number of rotatable bonds is 3. The van der Waals surface area contributed by atoms with Crippen LogP contribution in [0.15, 0.2) is 12.3 Å². The van der Waals surface area contributed by atoms with Crippen molar-refractivity contribution in [2.24, 2.45) is 0 Å². The molecule has 0 unspecified atom stereocenters. The Morgan fingerprint density at radius 1 is 1.71 bits per heavy atom. The topological polar surface area (TPSA) is 18.5 Å². The van der Waals surface area contributed by atoms with Gasteiger partial charge in [0.25, 0.3) is 0 Å². The zero-order valence-corrected chi connectivity index (χ0v) is 4.73. The van der Waals surface area contributed by atoms with Gasteiger partial charge in [0.1, 0.15) is 5.76 Å². The van der Waals surface area contributed by atoms with E-state index in [0.717, 1.165) is 0 Å². The zero-order chi connectivity index (χ0) is 5.70. The minimum absolute atomic E-state index is 0.562. The molecule has 0 bridgehead atoms. The average Bonchev–Trinajstić information content (AvgIpc) is 1.61. The van der Waals surface area contributed by atoms with Crippen LogP contribution in [0.3, 0.4) is 0 Å². The highest BCUT2D eigenvalue weighted by molar-refractivity contribution is 4.70. The van der Waals surface area contributed by atoms with Crippen molar-refractivity contribution in [3.05, 3.63) is 12.3 Å². The van der Waals surface area contributed by atoms with Crippen molar-refractivity contribution in [2.45, 2.75) is 13.8 Å². The third-order valence-electron chi connectivity index (χ3n) is 0.319. The molecule has 7 heavy (non-hydrogen) atoms. The highest BCUT2D eigenvalue weighted by atomic mass is 17.2. The molecular weight excluding hydrogens is 92.1 g/mol. The fourth-order valence-electron chi connectivity index (χ4n) is 0.160. The molecule has 0 aliphatic carbocycles. The molecule has 0 fully saturated rings. The van der Waals surface area contributed by atoms with Crippen molar-refractivity contribution >= 4 is 0 Å². The fraction of sp³-hybridized carbons (Fsp3) is 0.600. The normalized spacial score (nSPS) is 8.29. The maximum Gasteiger partial charge on any atom is 0.132 e. The summed E-state index contributed by atoms with van der Waals surface area (Å²) in [6.45, 7) is 7.59. The quantitative estimate of drug-likeness (QED) is 0.305. The van der Waals surface area contributed by atoms with E-state index in [2.05, 4.69) is 16.4 Å². The Hall–Kier alpha value is -0.500. The fourth-order valence-corrected chi connectivity index (χ4v) is 0.160. The molecule has 2 heteroatoms. The van der Waals surface area contributed by atoms with Crippen molar-refractivity contribution in [1.29, 1.82) is 0 Å². The lowest BCUT2D eigenvalue weighted by Crippen LogP contribution is -1.88. The molecule has 0 radical (unpaired) electrons. The summed E-state index contributed by atoms with van der Waals surface area (Å²) in [5.41, 5.74) is 0. The largest absolute Gasteiger partial charge is 0.343 e.